The first-order valence-corrected chi connectivity index (χ1v) is 10.8. The van der Waals surface area contributed by atoms with Crippen molar-refractivity contribution in [3.8, 4) is 0 Å². The van der Waals surface area contributed by atoms with Crippen molar-refractivity contribution >= 4 is 22.9 Å². The lowest BCUT2D eigenvalue weighted by Crippen LogP contribution is -2.25. The molecule has 0 amide bonds. The molecule has 2 aromatic rings. The maximum atomic E-state index is 12.0. The van der Waals surface area contributed by atoms with E-state index in [0.717, 1.165) is 11.3 Å². The summed E-state index contributed by atoms with van der Waals surface area (Å²) in [5.41, 5.74) is 16.3. The highest BCUT2D eigenvalue weighted by molar-refractivity contribution is 6.03. The van der Waals surface area contributed by atoms with Gasteiger partial charge in [-0.15, -0.1) is 0 Å². The van der Waals surface area contributed by atoms with E-state index in [1.165, 1.54) is 73.9 Å². The van der Waals surface area contributed by atoms with Crippen molar-refractivity contribution in [3.05, 3.63) is 61.4 Å². The smallest absolute Gasteiger partial charge is 0.307 e. The van der Waals surface area contributed by atoms with Crippen molar-refractivity contribution in [3.63, 3.8) is 0 Å². The number of carbonyl (C=O) groups is 1. The summed E-state index contributed by atoms with van der Waals surface area (Å²) in [6.45, 7) is 21.2. The molecule has 2 aromatic carbocycles. The van der Waals surface area contributed by atoms with Crippen LogP contribution in [0.25, 0.3) is 5.57 Å². The van der Waals surface area contributed by atoms with Gasteiger partial charge in [0.2, 0.25) is 0 Å². The lowest BCUT2D eigenvalue weighted by atomic mass is 9.77. The lowest BCUT2D eigenvalue weighted by molar-refractivity contribution is -0.136. The number of anilines is 2. The van der Waals surface area contributed by atoms with Gasteiger partial charge in [-0.05, 0) is 99.9 Å². The van der Waals surface area contributed by atoms with Crippen molar-refractivity contribution in [2.24, 2.45) is 0 Å². The number of esters is 1. The minimum absolute atomic E-state index is 0.266. The van der Waals surface area contributed by atoms with E-state index in [0.29, 0.717) is 6.42 Å². The Kier molecular flexibility index (Phi) is 5.62. The van der Waals surface area contributed by atoms with Gasteiger partial charge in [0, 0.05) is 37.1 Å². The molecule has 3 rings (SSSR count). The van der Waals surface area contributed by atoms with Gasteiger partial charge in [-0.2, -0.15) is 0 Å². The van der Waals surface area contributed by atoms with E-state index in [9.17, 15) is 4.79 Å². The van der Waals surface area contributed by atoms with Crippen molar-refractivity contribution in [2.75, 3.05) is 11.9 Å². The Morgan fingerprint density at radius 1 is 0.700 bits per heavy atom. The first-order chi connectivity index (χ1) is 13.9. The first kappa shape index (κ1) is 22.1. The molecule has 0 bridgehead atoms. The average Bonchev–Trinajstić information content (AvgIpc) is 2.70. The minimum Gasteiger partial charge on any atom is -0.431 e. The number of fused-ring (bicyclic) bond motifs is 2. The Morgan fingerprint density at radius 2 is 1.07 bits per heavy atom. The zero-order valence-corrected chi connectivity index (χ0v) is 20.5. The molecule has 0 atom stereocenters. The summed E-state index contributed by atoms with van der Waals surface area (Å²) in [7, 11) is 2.17. The van der Waals surface area contributed by atoms with Gasteiger partial charge >= 0.3 is 5.97 Å². The molecule has 0 radical (unpaired) electrons. The molecule has 3 nitrogen and oxygen atoms in total. The average molecular weight is 406 g/mol. The van der Waals surface area contributed by atoms with E-state index in [-0.39, 0.29) is 5.97 Å². The second-order valence-electron chi connectivity index (χ2n) is 8.75. The van der Waals surface area contributed by atoms with Crippen molar-refractivity contribution < 1.29 is 9.53 Å². The number of carbonyl (C=O) groups excluding carboxylic acids is 1. The van der Waals surface area contributed by atoms with E-state index >= 15 is 0 Å². The van der Waals surface area contributed by atoms with E-state index in [4.69, 9.17) is 4.74 Å². The molecule has 3 heteroatoms. The summed E-state index contributed by atoms with van der Waals surface area (Å²) >= 11 is 0. The topological polar surface area (TPSA) is 29.5 Å². The molecule has 0 fully saturated rings. The van der Waals surface area contributed by atoms with Crippen molar-refractivity contribution in [1.29, 1.82) is 0 Å². The van der Waals surface area contributed by atoms with Gasteiger partial charge in [0.25, 0.3) is 0 Å². The SMILES string of the molecule is CCC(OC(C)=O)=C1c2c(C)c(C)c(C)c(C)c2N(C)c2c(C)c(C)c(C)c(C)c21. The van der Waals surface area contributed by atoms with Crippen LogP contribution in [0.3, 0.4) is 0 Å². The van der Waals surface area contributed by atoms with Gasteiger partial charge < -0.3 is 9.64 Å². The standard InChI is InChI=1S/C27H35NO2/c1-12-22(30-21(10)29)25-23-17(6)13(2)15(4)19(8)26(23)28(11)27-20(9)16(5)14(3)18(7)24(25)27/h12H2,1-11H3. The Bertz CT molecular complexity index is 1050. The largest absolute Gasteiger partial charge is 0.431 e. The monoisotopic (exact) mass is 405 g/mol. The first-order valence-electron chi connectivity index (χ1n) is 10.8. The molecular formula is C27H35NO2. The van der Waals surface area contributed by atoms with Crippen LogP contribution in [0.4, 0.5) is 11.4 Å². The summed E-state index contributed by atoms with van der Waals surface area (Å²) in [6, 6.07) is 0. The molecule has 30 heavy (non-hydrogen) atoms. The minimum atomic E-state index is -0.266. The van der Waals surface area contributed by atoms with Gasteiger partial charge in [0.1, 0.15) is 5.76 Å². The Balaban J connectivity index is 2.65. The predicted molar refractivity (Wildman–Crippen MR) is 127 cm³/mol. The Labute approximate surface area is 181 Å². The second kappa shape index (κ2) is 7.61. The molecule has 0 saturated heterocycles. The van der Waals surface area contributed by atoms with Gasteiger partial charge in [-0.3, -0.25) is 4.79 Å². The molecule has 0 saturated carbocycles. The zero-order valence-electron chi connectivity index (χ0n) is 20.5. The Morgan fingerprint density at radius 3 is 1.40 bits per heavy atom. The van der Waals surface area contributed by atoms with Gasteiger partial charge in [0.05, 0.1) is 11.4 Å². The number of allylic oxidation sites excluding steroid dienone is 1. The third kappa shape index (κ3) is 2.98. The zero-order chi connectivity index (χ0) is 22.7. The lowest BCUT2D eigenvalue weighted by Gasteiger charge is -2.39. The number of ether oxygens (including phenoxy) is 1. The van der Waals surface area contributed by atoms with E-state index in [1.54, 1.807) is 0 Å². The quantitative estimate of drug-likeness (QED) is 0.399. The number of hydrogen-bond acceptors (Lipinski definition) is 3. The molecule has 0 unspecified atom stereocenters. The highest BCUT2D eigenvalue weighted by atomic mass is 16.5. The summed E-state index contributed by atoms with van der Waals surface area (Å²) in [4.78, 5) is 14.4. The van der Waals surface area contributed by atoms with Crippen LogP contribution in [-0.4, -0.2) is 13.0 Å². The molecule has 1 aliphatic heterocycles. The van der Waals surface area contributed by atoms with E-state index in [1.807, 2.05) is 0 Å². The maximum Gasteiger partial charge on any atom is 0.307 e. The molecule has 0 aliphatic carbocycles. The van der Waals surface area contributed by atoms with Crippen molar-refractivity contribution in [1.82, 2.24) is 0 Å². The van der Waals surface area contributed by atoms with E-state index < -0.39 is 0 Å². The molecule has 1 aliphatic rings. The van der Waals surface area contributed by atoms with Crippen LogP contribution in [0.5, 0.6) is 0 Å². The van der Waals surface area contributed by atoms with Crippen LogP contribution in [0, 0.1) is 55.4 Å². The van der Waals surface area contributed by atoms with E-state index in [2.05, 4.69) is 74.3 Å². The fourth-order valence-electron chi connectivity index (χ4n) is 5.02. The number of nitrogens with zero attached hydrogens (tertiary/aromatic N) is 1. The van der Waals surface area contributed by atoms with Gasteiger partial charge in [-0.25, -0.2) is 0 Å². The summed E-state index contributed by atoms with van der Waals surface area (Å²) < 4.78 is 5.84. The van der Waals surface area contributed by atoms with Crippen molar-refractivity contribution in [2.45, 2.75) is 75.7 Å². The highest BCUT2D eigenvalue weighted by Crippen LogP contribution is 2.53. The second-order valence-corrected chi connectivity index (χ2v) is 8.75. The number of benzene rings is 2. The van der Waals surface area contributed by atoms with Crippen LogP contribution < -0.4 is 4.90 Å². The fourth-order valence-corrected chi connectivity index (χ4v) is 5.02. The van der Waals surface area contributed by atoms with Crippen LogP contribution in [0.1, 0.15) is 75.9 Å². The normalized spacial score (nSPS) is 12.6. The molecule has 0 spiro atoms. The number of hydrogen-bond donors (Lipinski definition) is 0. The number of rotatable bonds is 2. The summed E-state index contributed by atoms with van der Waals surface area (Å²) in [5, 5.41) is 0. The maximum absolute atomic E-state index is 12.0. The van der Waals surface area contributed by atoms with Crippen LogP contribution in [0.2, 0.25) is 0 Å². The molecule has 160 valence electrons. The predicted octanol–water partition coefficient (Wildman–Crippen LogP) is 6.97. The molecule has 0 N–H and O–H groups in total. The highest BCUT2D eigenvalue weighted by Gasteiger charge is 2.34. The van der Waals surface area contributed by atoms with Gasteiger partial charge in [-0.1, -0.05) is 6.92 Å². The van der Waals surface area contributed by atoms with Crippen LogP contribution in [0.15, 0.2) is 5.76 Å². The third-order valence-corrected chi connectivity index (χ3v) is 7.35. The van der Waals surface area contributed by atoms with Crippen LogP contribution in [-0.2, 0) is 9.53 Å². The summed E-state index contributed by atoms with van der Waals surface area (Å²) in [6.07, 6.45) is 0.661. The van der Waals surface area contributed by atoms with Gasteiger partial charge in [0.15, 0.2) is 0 Å². The fraction of sp³-hybridized carbons (Fsp3) is 0.444. The third-order valence-electron chi connectivity index (χ3n) is 7.35. The molecule has 0 aromatic heterocycles. The molecule has 1 heterocycles. The Hall–Kier alpha value is -2.55. The molecular weight excluding hydrogens is 370 g/mol. The summed E-state index contributed by atoms with van der Waals surface area (Å²) in [5.74, 6) is 0.493. The van der Waals surface area contributed by atoms with Crippen LogP contribution >= 0.6 is 0 Å².